The van der Waals surface area contributed by atoms with Crippen LogP contribution in [0.4, 0.5) is 11.4 Å². The molecule has 0 saturated carbocycles. The summed E-state index contributed by atoms with van der Waals surface area (Å²) < 4.78 is 4.74. The second-order valence-electron chi connectivity index (χ2n) is 5.12. The van der Waals surface area contributed by atoms with Crippen LogP contribution in [0.15, 0.2) is 18.2 Å². The Morgan fingerprint density at radius 1 is 1.33 bits per heavy atom. The van der Waals surface area contributed by atoms with Crippen LogP contribution >= 0.6 is 0 Å². The topological polar surface area (TPSA) is 55.6 Å². The molecule has 2 rings (SSSR count). The van der Waals surface area contributed by atoms with E-state index in [-0.39, 0.29) is 5.97 Å². The molecular formula is C14H20N2O2. The Balaban J connectivity index is 2.27. The van der Waals surface area contributed by atoms with E-state index >= 15 is 0 Å². The smallest absolute Gasteiger partial charge is 0.340 e. The second-order valence-corrected chi connectivity index (χ2v) is 5.12. The number of carbonyl (C=O) groups excluding carboxylic acids is 1. The summed E-state index contributed by atoms with van der Waals surface area (Å²) in [5, 5.41) is 0. The van der Waals surface area contributed by atoms with E-state index in [1.165, 1.54) is 7.11 Å². The van der Waals surface area contributed by atoms with Gasteiger partial charge in [0.05, 0.1) is 12.7 Å². The molecular weight excluding hydrogens is 228 g/mol. The van der Waals surface area contributed by atoms with Gasteiger partial charge in [0.2, 0.25) is 0 Å². The quantitative estimate of drug-likeness (QED) is 0.643. The zero-order chi connectivity index (χ0) is 13.3. The number of hydrogen-bond acceptors (Lipinski definition) is 4. The van der Waals surface area contributed by atoms with Gasteiger partial charge in [-0.1, -0.05) is 13.8 Å². The summed E-state index contributed by atoms with van der Waals surface area (Å²) in [7, 11) is 1.37. The first-order valence-electron chi connectivity index (χ1n) is 6.25. The van der Waals surface area contributed by atoms with Gasteiger partial charge in [-0.25, -0.2) is 4.79 Å². The van der Waals surface area contributed by atoms with Crippen LogP contribution in [0.25, 0.3) is 0 Å². The third kappa shape index (κ3) is 2.28. The molecule has 18 heavy (non-hydrogen) atoms. The molecule has 1 aromatic rings. The molecule has 0 amide bonds. The van der Waals surface area contributed by atoms with Crippen molar-refractivity contribution in [2.24, 2.45) is 11.8 Å². The van der Waals surface area contributed by atoms with E-state index in [2.05, 4.69) is 18.7 Å². The number of rotatable bonds is 2. The first-order valence-corrected chi connectivity index (χ1v) is 6.25. The first kappa shape index (κ1) is 12.7. The van der Waals surface area contributed by atoms with Gasteiger partial charge in [-0.2, -0.15) is 0 Å². The molecule has 0 radical (unpaired) electrons. The Morgan fingerprint density at radius 3 is 2.50 bits per heavy atom. The number of anilines is 2. The Morgan fingerprint density at radius 2 is 1.94 bits per heavy atom. The van der Waals surface area contributed by atoms with Crippen molar-refractivity contribution in [3.8, 4) is 0 Å². The number of nitrogen functional groups attached to an aromatic ring is 1. The van der Waals surface area contributed by atoms with Crippen LogP contribution in [0.2, 0.25) is 0 Å². The van der Waals surface area contributed by atoms with Gasteiger partial charge >= 0.3 is 5.97 Å². The molecule has 1 aliphatic rings. The number of methoxy groups -OCH3 is 1. The van der Waals surface area contributed by atoms with E-state index in [1.807, 2.05) is 12.1 Å². The summed E-state index contributed by atoms with van der Waals surface area (Å²) in [6, 6.07) is 5.56. The van der Waals surface area contributed by atoms with Crippen LogP contribution in [0.3, 0.4) is 0 Å². The van der Waals surface area contributed by atoms with Gasteiger partial charge in [-0.05, 0) is 30.0 Å². The molecule has 1 aliphatic heterocycles. The van der Waals surface area contributed by atoms with Gasteiger partial charge in [0, 0.05) is 24.5 Å². The van der Waals surface area contributed by atoms with Crippen LogP contribution in [0, 0.1) is 11.8 Å². The number of benzene rings is 1. The Hall–Kier alpha value is -1.71. The highest BCUT2D eigenvalue weighted by atomic mass is 16.5. The Kier molecular flexibility index (Phi) is 3.45. The van der Waals surface area contributed by atoms with Crippen molar-refractivity contribution >= 4 is 17.3 Å². The minimum absolute atomic E-state index is 0.380. The van der Waals surface area contributed by atoms with Crippen molar-refractivity contribution in [1.82, 2.24) is 0 Å². The largest absolute Gasteiger partial charge is 0.465 e. The van der Waals surface area contributed by atoms with E-state index in [4.69, 9.17) is 10.5 Å². The lowest BCUT2D eigenvalue weighted by atomic mass is 10.0. The fraction of sp³-hybridized carbons (Fsp3) is 0.500. The molecule has 2 unspecified atom stereocenters. The fourth-order valence-electron chi connectivity index (χ4n) is 2.37. The van der Waals surface area contributed by atoms with Gasteiger partial charge in [-0.3, -0.25) is 0 Å². The molecule has 98 valence electrons. The highest BCUT2D eigenvalue weighted by Gasteiger charge is 2.26. The third-order valence-corrected chi connectivity index (χ3v) is 3.80. The maximum Gasteiger partial charge on any atom is 0.340 e. The normalized spacial score (nSPS) is 23.2. The number of ether oxygens (including phenoxy) is 1. The van der Waals surface area contributed by atoms with Crippen molar-refractivity contribution in [1.29, 1.82) is 0 Å². The van der Waals surface area contributed by atoms with Crippen LogP contribution in [-0.2, 0) is 4.74 Å². The SMILES string of the molecule is COC(=O)c1cc(N2CC(C)C(C)C2)ccc1N. The van der Waals surface area contributed by atoms with Gasteiger partial charge in [-0.15, -0.1) is 0 Å². The standard InChI is InChI=1S/C14H20N2O2/c1-9-7-16(8-10(9)2)11-4-5-13(15)12(6-11)14(17)18-3/h4-6,9-10H,7-8,15H2,1-3H3. The van der Waals surface area contributed by atoms with Crippen molar-refractivity contribution < 1.29 is 9.53 Å². The number of carbonyl (C=O) groups is 1. The van der Waals surface area contributed by atoms with Crippen LogP contribution in [0.1, 0.15) is 24.2 Å². The third-order valence-electron chi connectivity index (χ3n) is 3.80. The Labute approximate surface area is 108 Å². The number of nitrogens with two attached hydrogens (primary N) is 1. The summed E-state index contributed by atoms with van der Waals surface area (Å²) in [6.07, 6.45) is 0. The molecule has 4 heteroatoms. The van der Waals surface area contributed by atoms with E-state index in [9.17, 15) is 4.79 Å². The summed E-state index contributed by atoms with van der Waals surface area (Å²) in [6.45, 7) is 6.55. The summed E-state index contributed by atoms with van der Waals surface area (Å²) >= 11 is 0. The van der Waals surface area contributed by atoms with E-state index in [0.717, 1.165) is 18.8 Å². The first-order chi connectivity index (χ1) is 8.52. The van der Waals surface area contributed by atoms with Gasteiger partial charge in [0.25, 0.3) is 0 Å². The van der Waals surface area contributed by atoms with Crippen molar-refractivity contribution in [3.05, 3.63) is 23.8 Å². The van der Waals surface area contributed by atoms with Gasteiger partial charge in [0.15, 0.2) is 0 Å². The molecule has 1 heterocycles. The van der Waals surface area contributed by atoms with E-state index < -0.39 is 0 Å². The number of hydrogen-bond donors (Lipinski definition) is 1. The molecule has 1 aromatic carbocycles. The minimum Gasteiger partial charge on any atom is -0.465 e. The molecule has 2 atom stereocenters. The van der Waals surface area contributed by atoms with Crippen molar-refractivity contribution in [2.45, 2.75) is 13.8 Å². The van der Waals surface area contributed by atoms with Crippen LogP contribution < -0.4 is 10.6 Å². The van der Waals surface area contributed by atoms with Crippen molar-refractivity contribution in [3.63, 3.8) is 0 Å². The van der Waals surface area contributed by atoms with E-state index in [0.29, 0.717) is 23.1 Å². The zero-order valence-corrected chi connectivity index (χ0v) is 11.1. The summed E-state index contributed by atoms with van der Waals surface area (Å²) in [4.78, 5) is 13.9. The predicted octanol–water partition coefficient (Wildman–Crippen LogP) is 2.15. The minimum atomic E-state index is -0.380. The van der Waals surface area contributed by atoms with Gasteiger partial charge in [0.1, 0.15) is 0 Å². The number of esters is 1. The molecule has 0 bridgehead atoms. The number of nitrogens with zero attached hydrogens (tertiary/aromatic N) is 1. The monoisotopic (exact) mass is 248 g/mol. The van der Waals surface area contributed by atoms with Crippen LogP contribution in [-0.4, -0.2) is 26.2 Å². The lowest BCUT2D eigenvalue weighted by Crippen LogP contribution is -2.20. The maximum absolute atomic E-state index is 11.6. The Bertz CT molecular complexity index is 449. The predicted molar refractivity (Wildman–Crippen MR) is 72.7 cm³/mol. The molecule has 0 spiro atoms. The van der Waals surface area contributed by atoms with E-state index in [1.54, 1.807) is 6.07 Å². The average Bonchev–Trinajstić information content (AvgIpc) is 2.69. The molecule has 0 aromatic heterocycles. The lowest BCUT2D eigenvalue weighted by molar-refractivity contribution is 0.0602. The van der Waals surface area contributed by atoms with Crippen LogP contribution in [0.5, 0.6) is 0 Å². The lowest BCUT2D eigenvalue weighted by Gasteiger charge is -2.19. The molecule has 2 N–H and O–H groups in total. The summed E-state index contributed by atoms with van der Waals surface area (Å²) in [5.74, 6) is 0.961. The maximum atomic E-state index is 11.6. The van der Waals surface area contributed by atoms with Gasteiger partial charge < -0.3 is 15.4 Å². The summed E-state index contributed by atoms with van der Waals surface area (Å²) in [5.41, 5.74) is 7.75. The molecule has 1 fully saturated rings. The second kappa shape index (κ2) is 4.88. The fourth-order valence-corrected chi connectivity index (χ4v) is 2.37. The van der Waals surface area contributed by atoms with Crippen molar-refractivity contribution in [2.75, 3.05) is 30.8 Å². The zero-order valence-electron chi connectivity index (χ0n) is 11.1. The molecule has 4 nitrogen and oxygen atoms in total. The molecule has 1 saturated heterocycles. The highest BCUT2D eigenvalue weighted by molar-refractivity contribution is 5.96. The molecule has 0 aliphatic carbocycles. The average molecular weight is 248 g/mol. The highest BCUT2D eigenvalue weighted by Crippen LogP contribution is 2.29.